The van der Waals surface area contributed by atoms with Gasteiger partial charge in [-0.2, -0.15) is 0 Å². The number of benzene rings is 2. The Labute approximate surface area is 195 Å². The highest BCUT2D eigenvalue weighted by Crippen LogP contribution is 2.42. The van der Waals surface area contributed by atoms with E-state index in [-0.39, 0.29) is 11.3 Å². The second kappa shape index (κ2) is 10.6. The fraction of sp³-hybridized carbons (Fsp3) is 0.407. The van der Waals surface area contributed by atoms with E-state index < -0.39 is 17.7 Å². The van der Waals surface area contributed by atoms with Gasteiger partial charge in [0.05, 0.1) is 30.9 Å². The lowest BCUT2D eigenvalue weighted by molar-refractivity contribution is -0.139. The molecule has 1 amide bonds. The summed E-state index contributed by atoms with van der Waals surface area (Å²) in [6, 6.07) is 10.4. The summed E-state index contributed by atoms with van der Waals surface area (Å²) >= 11 is 0. The number of ether oxygens (including phenoxy) is 2. The van der Waals surface area contributed by atoms with Crippen molar-refractivity contribution in [2.24, 2.45) is 0 Å². The van der Waals surface area contributed by atoms with Crippen LogP contribution in [-0.2, 0) is 9.59 Å². The van der Waals surface area contributed by atoms with E-state index in [0.717, 1.165) is 36.0 Å². The van der Waals surface area contributed by atoms with Crippen LogP contribution in [0.4, 0.5) is 0 Å². The number of nitrogens with zero attached hydrogens (tertiary/aromatic N) is 1. The summed E-state index contributed by atoms with van der Waals surface area (Å²) in [5.41, 5.74) is 2.97. The lowest BCUT2D eigenvalue weighted by Crippen LogP contribution is -2.30. The van der Waals surface area contributed by atoms with Crippen LogP contribution >= 0.6 is 0 Å². The summed E-state index contributed by atoms with van der Waals surface area (Å²) in [5, 5.41) is 11.4. The smallest absolute Gasteiger partial charge is 0.295 e. The van der Waals surface area contributed by atoms with Gasteiger partial charge < -0.3 is 19.5 Å². The van der Waals surface area contributed by atoms with Gasteiger partial charge in [-0.1, -0.05) is 38.0 Å². The van der Waals surface area contributed by atoms with E-state index in [1.54, 1.807) is 11.0 Å². The molecule has 6 heteroatoms. The molecule has 2 aromatic rings. The molecule has 6 nitrogen and oxygen atoms in total. The monoisotopic (exact) mass is 451 g/mol. The van der Waals surface area contributed by atoms with Gasteiger partial charge in [0.1, 0.15) is 17.3 Å². The van der Waals surface area contributed by atoms with Gasteiger partial charge in [0.25, 0.3) is 11.7 Å². The number of amides is 1. The van der Waals surface area contributed by atoms with Crippen molar-refractivity contribution in [1.82, 2.24) is 4.90 Å². The van der Waals surface area contributed by atoms with Crippen LogP contribution in [0, 0.1) is 13.8 Å². The van der Waals surface area contributed by atoms with Crippen molar-refractivity contribution in [1.29, 1.82) is 0 Å². The Bertz CT molecular complexity index is 1070. The molecule has 1 aliphatic rings. The summed E-state index contributed by atoms with van der Waals surface area (Å²) < 4.78 is 11.2. The quantitative estimate of drug-likeness (QED) is 0.242. The Morgan fingerprint density at radius 1 is 1.09 bits per heavy atom. The summed E-state index contributed by atoms with van der Waals surface area (Å²) in [7, 11) is 1.53. The van der Waals surface area contributed by atoms with Crippen LogP contribution in [0.5, 0.6) is 11.5 Å². The van der Waals surface area contributed by atoms with E-state index in [1.807, 2.05) is 51.1 Å². The molecule has 3 rings (SSSR count). The Morgan fingerprint density at radius 3 is 2.52 bits per heavy atom. The third-order valence-corrected chi connectivity index (χ3v) is 5.91. The summed E-state index contributed by atoms with van der Waals surface area (Å²) in [4.78, 5) is 27.9. The zero-order chi connectivity index (χ0) is 24.1. The van der Waals surface area contributed by atoms with Crippen LogP contribution in [0.2, 0.25) is 0 Å². The van der Waals surface area contributed by atoms with Crippen LogP contribution in [0.25, 0.3) is 5.76 Å². The summed E-state index contributed by atoms with van der Waals surface area (Å²) in [6.45, 7) is 8.71. The van der Waals surface area contributed by atoms with Crippen molar-refractivity contribution in [2.45, 2.75) is 53.0 Å². The van der Waals surface area contributed by atoms with Gasteiger partial charge >= 0.3 is 0 Å². The molecular formula is C27H33NO5. The number of Topliss-reactive ketones (excluding diaryl/α,β-unsaturated/α-hetero) is 1. The number of unbranched alkanes of at least 4 members (excludes halogenated alkanes) is 2. The third-order valence-electron chi connectivity index (χ3n) is 5.91. The zero-order valence-corrected chi connectivity index (χ0v) is 20.1. The van der Waals surface area contributed by atoms with Gasteiger partial charge in [-0.25, -0.2) is 0 Å². The molecule has 1 fully saturated rings. The minimum atomic E-state index is -0.701. The molecule has 1 aliphatic heterocycles. The number of carbonyl (C=O) groups excluding carboxylic acids is 2. The van der Waals surface area contributed by atoms with Crippen LogP contribution in [0.1, 0.15) is 61.4 Å². The molecule has 1 saturated heterocycles. The predicted octanol–water partition coefficient (Wildman–Crippen LogP) is 5.32. The second-order valence-electron chi connectivity index (χ2n) is 8.37. The maximum Gasteiger partial charge on any atom is 0.295 e. The first-order chi connectivity index (χ1) is 15.8. The van der Waals surface area contributed by atoms with Crippen LogP contribution < -0.4 is 9.47 Å². The van der Waals surface area contributed by atoms with Crippen LogP contribution in [-0.4, -0.2) is 42.0 Å². The molecule has 0 radical (unpaired) electrons. The average molecular weight is 452 g/mol. The molecule has 1 unspecified atom stereocenters. The number of aryl methyl sites for hydroxylation is 2. The molecule has 2 aromatic carbocycles. The van der Waals surface area contributed by atoms with Gasteiger partial charge in [0.2, 0.25) is 0 Å². The van der Waals surface area contributed by atoms with Crippen LogP contribution in [0.3, 0.4) is 0 Å². The van der Waals surface area contributed by atoms with E-state index in [4.69, 9.17) is 9.47 Å². The van der Waals surface area contributed by atoms with Crippen molar-refractivity contribution in [3.05, 3.63) is 64.2 Å². The maximum absolute atomic E-state index is 13.2. The minimum absolute atomic E-state index is 0.0773. The molecule has 0 aliphatic carbocycles. The highest BCUT2D eigenvalue weighted by molar-refractivity contribution is 6.46. The Morgan fingerprint density at radius 2 is 1.85 bits per heavy atom. The second-order valence-corrected chi connectivity index (χ2v) is 8.37. The first-order valence-electron chi connectivity index (χ1n) is 11.5. The number of hydrogen-bond acceptors (Lipinski definition) is 5. The molecule has 0 bridgehead atoms. The molecule has 33 heavy (non-hydrogen) atoms. The van der Waals surface area contributed by atoms with E-state index in [2.05, 4.69) is 6.92 Å². The number of hydrogen-bond donors (Lipinski definition) is 1. The summed E-state index contributed by atoms with van der Waals surface area (Å²) in [6.07, 6.45) is 2.71. The van der Waals surface area contributed by atoms with E-state index in [9.17, 15) is 14.7 Å². The van der Waals surface area contributed by atoms with Gasteiger partial charge in [0.15, 0.2) is 0 Å². The fourth-order valence-electron chi connectivity index (χ4n) is 4.48. The standard InChI is InChI=1S/C27H33NO5/c1-6-8-9-13-28-23(19-11-10-12-20(16-19)33-7-2)22(25(30)27(28)31)24(29)21-15-17(3)14-18(4)26(21)32-5/h10-12,14-16,23,29H,6-9,13H2,1-5H3/b24-22+. The fourth-order valence-corrected chi connectivity index (χ4v) is 4.48. The Hall–Kier alpha value is -3.28. The topological polar surface area (TPSA) is 76.1 Å². The number of aliphatic hydroxyl groups excluding tert-OH is 1. The molecule has 176 valence electrons. The van der Waals surface area contributed by atoms with Gasteiger partial charge in [-0.15, -0.1) is 0 Å². The number of ketones is 1. The first-order valence-corrected chi connectivity index (χ1v) is 11.5. The van der Waals surface area contributed by atoms with Crippen molar-refractivity contribution in [3.8, 4) is 11.5 Å². The first kappa shape index (κ1) is 24.4. The lowest BCUT2D eigenvalue weighted by Gasteiger charge is -2.26. The highest BCUT2D eigenvalue weighted by atomic mass is 16.5. The SMILES string of the molecule is CCCCCN1C(=O)C(=O)/C(=C(/O)c2cc(C)cc(C)c2OC)C1c1cccc(OCC)c1. The Kier molecular flexibility index (Phi) is 7.79. The Balaban J connectivity index is 2.22. The van der Waals surface area contributed by atoms with Gasteiger partial charge in [-0.3, -0.25) is 9.59 Å². The number of carbonyl (C=O) groups is 2. The van der Waals surface area contributed by atoms with Crippen molar-refractivity contribution < 1.29 is 24.2 Å². The van der Waals surface area contributed by atoms with E-state index in [1.165, 1.54) is 7.11 Å². The van der Waals surface area contributed by atoms with Crippen molar-refractivity contribution in [2.75, 3.05) is 20.3 Å². The molecular weight excluding hydrogens is 418 g/mol. The number of rotatable bonds is 9. The maximum atomic E-state index is 13.2. The number of likely N-dealkylation sites (tertiary alicyclic amines) is 1. The molecule has 0 spiro atoms. The number of aliphatic hydroxyl groups is 1. The molecule has 0 saturated carbocycles. The van der Waals surface area contributed by atoms with Crippen molar-refractivity contribution in [3.63, 3.8) is 0 Å². The average Bonchev–Trinajstić information content (AvgIpc) is 3.04. The predicted molar refractivity (Wildman–Crippen MR) is 129 cm³/mol. The zero-order valence-electron chi connectivity index (χ0n) is 20.1. The lowest BCUT2D eigenvalue weighted by atomic mass is 9.93. The molecule has 0 aromatic heterocycles. The summed E-state index contributed by atoms with van der Waals surface area (Å²) in [5.74, 6) is -0.364. The normalized spacial score (nSPS) is 17.5. The van der Waals surface area contributed by atoms with E-state index >= 15 is 0 Å². The molecule has 1 N–H and O–H groups in total. The molecule has 1 atom stereocenters. The number of methoxy groups -OCH3 is 1. The van der Waals surface area contributed by atoms with Crippen LogP contribution in [0.15, 0.2) is 42.0 Å². The molecule has 1 heterocycles. The highest BCUT2D eigenvalue weighted by Gasteiger charge is 2.46. The van der Waals surface area contributed by atoms with E-state index in [0.29, 0.717) is 30.2 Å². The van der Waals surface area contributed by atoms with Gasteiger partial charge in [0, 0.05) is 6.54 Å². The third kappa shape index (κ3) is 4.90. The van der Waals surface area contributed by atoms with Crippen molar-refractivity contribution >= 4 is 17.4 Å². The minimum Gasteiger partial charge on any atom is -0.507 e. The largest absolute Gasteiger partial charge is 0.507 e. The van der Waals surface area contributed by atoms with Gasteiger partial charge in [-0.05, 0) is 62.1 Å².